The highest BCUT2D eigenvalue weighted by molar-refractivity contribution is 6.28. The summed E-state index contributed by atoms with van der Waals surface area (Å²) >= 11 is 5.81. The van der Waals surface area contributed by atoms with Gasteiger partial charge < -0.3 is 15.2 Å². The van der Waals surface area contributed by atoms with Crippen LogP contribution in [0.5, 0.6) is 5.75 Å². The maximum Gasteiger partial charge on any atom is 0.573 e. The largest absolute Gasteiger partial charge is 0.573 e. The summed E-state index contributed by atoms with van der Waals surface area (Å²) in [6.45, 7) is 1.35. The molecule has 1 aromatic carbocycles. The Morgan fingerprint density at radius 3 is 2.52 bits per heavy atom. The van der Waals surface area contributed by atoms with Crippen LogP contribution in [0.4, 0.5) is 13.2 Å². The van der Waals surface area contributed by atoms with Gasteiger partial charge in [-0.1, -0.05) is 0 Å². The van der Waals surface area contributed by atoms with Crippen LogP contribution in [-0.2, 0) is 0 Å². The van der Waals surface area contributed by atoms with Crippen molar-refractivity contribution in [3.63, 3.8) is 0 Å². The van der Waals surface area contributed by atoms with Gasteiger partial charge in [0.25, 0.3) is 5.91 Å². The number of aliphatic hydroxyl groups excluding tert-OH is 1. The number of aliphatic hydroxyl groups is 1. The molecule has 1 aromatic heterocycles. The summed E-state index contributed by atoms with van der Waals surface area (Å²) < 4.78 is 40.3. The first-order valence-electron chi connectivity index (χ1n) is 7.00. The van der Waals surface area contributed by atoms with Crippen molar-refractivity contribution in [1.29, 1.82) is 0 Å². The molecule has 0 bridgehead atoms. The predicted octanol–water partition coefficient (Wildman–Crippen LogP) is 2.81. The molecule has 0 radical (unpaired) electrons. The number of rotatable bonds is 5. The van der Waals surface area contributed by atoms with E-state index in [0.717, 1.165) is 12.1 Å². The summed E-state index contributed by atoms with van der Waals surface area (Å²) in [4.78, 5) is 19.8. The number of halogens is 4. The number of hydrogen-bond donors (Lipinski definition) is 2. The lowest BCUT2D eigenvalue weighted by Gasteiger charge is -2.11. The number of ether oxygens (including phenoxy) is 1. The fourth-order valence-electron chi connectivity index (χ4n) is 1.85. The molecule has 0 spiro atoms. The molecule has 2 N–H and O–H groups in total. The number of alkyl halides is 3. The van der Waals surface area contributed by atoms with E-state index >= 15 is 0 Å². The normalized spacial score (nSPS) is 12.6. The highest BCUT2D eigenvalue weighted by Gasteiger charge is 2.31. The third kappa shape index (κ3) is 5.57. The van der Waals surface area contributed by atoms with Crippen molar-refractivity contribution in [1.82, 2.24) is 15.3 Å². The summed E-state index contributed by atoms with van der Waals surface area (Å²) in [7, 11) is 0. The van der Waals surface area contributed by atoms with Gasteiger partial charge in [0.2, 0.25) is 5.28 Å². The van der Waals surface area contributed by atoms with E-state index in [1.54, 1.807) is 6.92 Å². The lowest BCUT2D eigenvalue weighted by molar-refractivity contribution is -0.274. The van der Waals surface area contributed by atoms with Gasteiger partial charge in [-0.2, -0.15) is 0 Å². The van der Waals surface area contributed by atoms with Crippen LogP contribution in [0, 0.1) is 0 Å². The molecule has 0 fully saturated rings. The van der Waals surface area contributed by atoms with Gasteiger partial charge in [0.15, 0.2) is 0 Å². The number of nitrogens with zero attached hydrogens (tertiary/aromatic N) is 2. The Kier molecular flexibility index (Phi) is 5.81. The molecule has 1 atom stereocenters. The van der Waals surface area contributed by atoms with Crippen LogP contribution in [-0.4, -0.2) is 40.0 Å². The van der Waals surface area contributed by atoms with Crippen molar-refractivity contribution in [2.24, 2.45) is 0 Å². The molecule has 0 unspecified atom stereocenters. The van der Waals surface area contributed by atoms with Gasteiger partial charge in [-0.05, 0) is 48.9 Å². The zero-order chi connectivity index (χ0) is 18.6. The molecule has 0 saturated heterocycles. The second-order valence-corrected chi connectivity index (χ2v) is 5.37. The fourth-order valence-corrected chi connectivity index (χ4v) is 2.03. The van der Waals surface area contributed by atoms with E-state index in [1.165, 1.54) is 18.2 Å². The van der Waals surface area contributed by atoms with Crippen molar-refractivity contribution < 1.29 is 27.8 Å². The van der Waals surface area contributed by atoms with Gasteiger partial charge in [-0.3, -0.25) is 4.79 Å². The topological polar surface area (TPSA) is 84.3 Å². The Morgan fingerprint density at radius 2 is 1.96 bits per heavy atom. The third-order valence-electron chi connectivity index (χ3n) is 2.97. The monoisotopic (exact) mass is 375 g/mol. The lowest BCUT2D eigenvalue weighted by Crippen LogP contribution is -2.35. The molecule has 10 heteroatoms. The van der Waals surface area contributed by atoms with Crippen molar-refractivity contribution >= 4 is 17.5 Å². The second-order valence-electron chi connectivity index (χ2n) is 5.04. The minimum Gasteiger partial charge on any atom is -0.406 e. The van der Waals surface area contributed by atoms with Crippen LogP contribution in [0.3, 0.4) is 0 Å². The number of carbonyl (C=O) groups excluding carboxylic acids is 1. The molecular weight excluding hydrogens is 363 g/mol. The smallest absolute Gasteiger partial charge is 0.406 e. The molecule has 1 amide bonds. The highest BCUT2D eigenvalue weighted by atomic mass is 35.5. The van der Waals surface area contributed by atoms with Gasteiger partial charge in [0.1, 0.15) is 11.4 Å². The Labute approximate surface area is 145 Å². The van der Waals surface area contributed by atoms with E-state index in [0.29, 0.717) is 5.56 Å². The van der Waals surface area contributed by atoms with Crippen LogP contribution in [0.1, 0.15) is 17.4 Å². The lowest BCUT2D eigenvalue weighted by atomic mass is 10.1. The van der Waals surface area contributed by atoms with Crippen LogP contribution in [0.15, 0.2) is 30.3 Å². The zero-order valence-corrected chi connectivity index (χ0v) is 13.6. The number of benzene rings is 1. The summed E-state index contributed by atoms with van der Waals surface area (Å²) in [5, 5.41) is 11.3. The SMILES string of the molecule is C[C@H](CO)NC(=O)c1cc(-c2ccc(OC(F)(F)F)cc2)nc(Cl)n1. The molecule has 2 aromatic rings. The van der Waals surface area contributed by atoms with E-state index in [9.17, 15) is 18.0 Å². The number of aromatic nitrogens is 2. The first kappa shape index (κ1) is 18.9. The molecule has 0 aliphatic heterocycles. The van der Waals surface area contributed by atoms with Crippen molar-refractivity contribution in [3.8, 4) is 17.0 Å². The van der Waals surface area contributed by atoms with Crippen LogP contribution in [0.2, 0.25) is 5.28 Å². The Balaban J connectivity index is 2.26. The summed E-state index contributed by atoms with van der Waals surface area (Å²) in [6, 6.07) is 5.78. The summed E-state index contributed by atoms with van der Waals surface area (Å²) in [6.07, 6.45) is -4.78. The van der Waals surface area contributed by atoms with E-state index < -0.39 is 18.3 Å². The first-order valence-corrected chi connectivity index (χ1v) is 7.38. The molecule has 0 aliphatic rings. The predicted molar refractivity (Wildman–Crippen MR) is 83.2 cm³/mol. The second kappa shape index (κ2) is 7.66. The molecule has 0 saturated carbocycles. The molecule has 0 aliphatic carbocycles. The van der Waals surface area contributed by atoms with Gasteiger partial charge >= 0.3 is 6.36 Å². The average molecular weight is 376 g/mol. The average Bonchev–Trinajstić information content (AvgIpc) is 2.53. The Hall–Kier alpha value is -2.39. The van der Waals surface area contributed by atoms with Crippen LogP contribution < -0.4 is 10.1 Å². The van der Waals surface area contributed by atoms with E-state index in [-0.39, 0.29) is 29.0 Å². The van der Waals surface area contributed by atoms with E-state index in [1.807, 2.05) is 0 Å². The minimum absolute atomic E-state index is 0.0362. The maximum atomic E-state index is 12.2. The number of hydrogen-bond acceptors (Lipinski definition) is 5. The van der Waals surface area contributed by atoms with Crippen molar-refractivity contribution in [3.05, 3.63) is 41.3 Å². The number of carbonyl (C=O) groups is 1. The number of nitrogens with one attached hydrogen (secondary N) is 1. The minimum atomic E-state index is -4.78. The highest BCUT2D eigenvalue weighted by Crippen LogP contribution is 2.26. The van der Waals surface area contributed by atoms with Crippen LogP contribution >= 0.6 is 11.6 Å². The van der Waals surface area contributed by atoms with Crippen LogP contribution in [0.25, 0.3) is 11.3 Å². The third-order valence-corrected chi connectivity index (χ3v) is 3.14. The van der Waals surface area contributed by atoms with Gasteiger partial charge in [-0.15, -0.1) is 13.2 Å². The molecular formula is C15H13ClF3N3O3. The van der Waals surface area contributed by atoms with Crippen molar-refractivity contribution in [2.75, 3.05) is 6.61 Å². The molecule has 134 valence electrons. The van der Waals surface area contributed by atoms with Gasteiger partial charge in [0, 0.05) is 11.6 Å². The molecule has 25 heavy (non-hydrogen) atoms. The van der Waals surface area contributed by atoms with Gasteiger partial charge in [-0.25, -0.2) is 9.97 Å². The Bertz CT molecular complexity index is 754. The van der Waals surface area contributed by atoms with Gasteiger partial charge in [0.05, 0.1) is 12.3 Å². The standard InChI is InChI=1S/C15H13ClF3N3O3/c1-8(7-23)20-13(24)12-6-11(21-14(16)22-12)9-2-4-10(5-3-9)25-15(17,18)19/h2-6,8,23H,7H2,1H3,(H,20,24)/t8-/m1/s1. The molecule has 2 rings (SSSR count). The van der Waals surface area contributed by atoms with E-state index in [4.69, 9.17) is 16.7 Å². The fraction of sp³-hybridized carbons (Fsp3) is 0.267. The summed E-state index contributed by atoms with van der Waals surface area (Å²) in [5.41, 5.74) is 0.634. The van der Waals surface area contributed by atoms with Crippen molar-refractivity contribution in [2.45, 2.75) is 19.3 Å². The van der Waals surface area contributed by atoms with E-state index in [2.05, 4.69) is 20.0 Å². The zero-order valence-electron chi connectivity index (χ0n) is 12.8. The molecule has 1 heterocycles. The maximum absolute atomic E-state index is 12.2. The summed E-state index contributed by atoms with van der Waals surface area (Å²) in [5.74, 6) is -0.949. The number of amides is 1. The first-order chi connectivity index (χ1) is 11.7. The Morgan fingerprint density at radius 1 is 1.32 bits per heavy atom. The molecule has 6 nitrogen and oxygen atoms in total. The quantitative estimate of drug-likeness (QED) is 0.785.